The quantitative estimate of drug-likeness (QED) is 0.385. The van der Waals surface area contributed by atoms with E-state index >= 15 is 0 Å². The monoisotopic (exact) mass is 198 g/mol. The van der Waals surface area contributed by atoms with E-state index in [1.807, 2.05) is 0 Å². The molecule has 4 heteroatoms. The van der Waals surface area contributed by atoms with Gasteiger partial charge in [-0.2, -0.15) is 0 Å². The average Bonchev–Trinajstić information content (AvgIpc) is 1.81. The van der Waals surface area contributed by atoms with Crippen LogP contribution in [0, 0.1) is 0 Å². The standard InChI is InChI=1S/C6H12Cl2OSi/c1-10(2,3)9-6(4-7)5-8/h4H,5H2,1-3H3. The molecule has 0 spiro atoms. The second-order valence-electron chi connectivity index (χ2n) is 2.92. The predicted molar refractivity (Wildman–Crippen MR) is 49.1 cm³/mol. The zero-order valence-corrected chi connectivity index (χ0v) is 8.96. The highest BCUT2D eigenvalue weighted by Gasteiger charge is 2.16. The molecule has 0 heterocycles. The Hall–Kier alpha value is 0.337. The maximum absolute atomic E-state index is 5.52. The van der Waals surface area contributed by atoms with Gasteiger partial charge in [0.15, 0.2) is 0 Å². The Morgan fingerprint density at radius 3 is 2.10 bits per heavy atom. The molecular formula is C6H12Cl2OSi. The zero-order chi connectivity index (χ0) is 8.20. The molecule has 0 fully saturated rings. The lowest BCUT2D eigenvalue weighted by Gasteiger charge is -2.19. The van der Waals surface area contributed by atoms with E-state index in [-0.39, 0.29) is 0 Å². The van der Waals surface area contributed by atoms with Crippen molar-refractivity contribution in [2.75, 3.05) is 5.88 Å². The largest absolute Gasteiger partial charge is 0.546 e. The van der Waals surface area contributed by atoms with Crippen LogP contribution >= 0.6 is 23.2 Å². The van der Waals surface area contributed by atoms with Gasteiger partial charge in [0.2, 0.25) is 8.32 Å². The fourth-order valence-corrected chi connectivity index (χ4v) is 1.89. The smallest absolute Gasteiger partial charge is 0.241 e. The van der Waals surface area contributed by atoms with Crippen LogP contribution in [0.25, 0.3) is 0 Å². The summed E-state index contributed by atoms with van der Waals surface area (Å²) in [6, 6.07) is 0. The van der Waals surface area contributed by atoms with E-state index in [9.17, 15) is 0 Å². The maximum atomic E-state index is 5.52. The summed E-state index contributed by atoms with van der Waals surface area (Å²) in [6.07, 6.45) is 0. The SMILES string of the molecule is C[Si](C)(C)OC(=CCl)CCl. The molecule has 0 rings (SSSR count). The molecule has 0 atom stereocenters. The van der Waals surface area contributed by atoms with E-state index in [4.69, 9.17) is 27.6 Å². The summed E-state index contributed by atoms with van der Waals surface area (Å²) in [4.78, 5) is 0. The summed E-state index contributed by atoms with van der Waals surface area (Å²) < 4.78 is 5.47. The molecule has 10 heavy (non-hydrogen) atoms. The van der Waals surface area contributed by atoms with Gasteiger partial charge >= 0.3 is 0 Å². The molecule has 1 nitrogen and oxygen atoms in total. The number of hydrogen-bond acceptors (Lipinski definition) is 1. The first kappa shape index (κ1) is 10.3. The third-order valence-corrected chi connectivity index (χ3v) is 2.07. The van der Waals surface area contributed by atoms with Crippen molar-refractivity contribution in [1.82, 2.24) is 0 Å². The first-order valence-electron chi connectivity index (χ1n) is 3.04. The molecule has 0 saturated carbocycles. The summed E-state index contributed by atoms with van der Waals surface area (Å²) in [5.41, 5.74) is 1.39. The third-order valence-electron chi connectivity index (χ3n) is 0.691. The Kier molecular flexibility index (Phi) is 4.41. The Morgan fingerprint density at radius 1 is 1.50 bits per heavy atom. The molecule has 0 aromatic heterocycles. The second kappa shape index (κ2) is 4.26. The van der Waals surface area contributed by atoms with Gasteiger partial charge in [-0.05, 0) is 19.6 Å². The Bertz CT molecular complexity index is 128. The van der Waals surface area contributed by atoms with Crippen LogP contribution in [0.4, 0.5) is 0 Å². The Morgan fingerprint density at radius 2 is 2.00 bits per heavy atom. The fourth-order valence-electron chi connectivity index (χ4n) is 0.472. The Labute approximate surface area is 73.1 Å². The number of alkyl halides is 1. The van der Waals surface area contributed by atoms with Crippen LogP contribution in [0.1, 0.15) is 0 Å². The highest BCUT2D eigenvalue weighted by atomic mass is 35.5. The number of halogens is 2. The van der Waals surface area contributed by atoms with Gasteiger partial charge in [-0.3, -0.25) is 0 Å². The van der Waals surface area contributed by atoms with Crippen LogP contribution in [0.15, 0.2) is 11.3 Å². The van der Waals surface area contributed by atoms with Crippen molar-refractivity contribution in [2.45, 2.75) is 19.6 Å². The molecular weight excluding hydrogens is 187 g/mol. The average molecular weight is 199 g/mol. The minimum absolute atomic E-state index is 0.355. The summed E-state index contributed by atoms with van der Waals surface area (Å²) in [5.74, 6) is 1.02. The van der Waals surface area contributed by atoms with E-state index in [1.54, 1.807) is 0 Å². The van der Waals surface area contributed by atoms with Crippen molar-refractivity contribution in [3.63, 3.8) is 0 Å². The lowest BCUT2D eigenvalue weighted by Crippen LogP contribution is -2.25. The van der Waals surface area contributed by atoms with Gasteiger partial charge in [0.1, 0.15) is 5.76 Å². The van der Waals surface area contributed by atoms with Crippen molar-refractivity contribution in [3.8, 4) is 0 Å². The predicted octanol–water partition coefficient (Wildman–Crippen LogP) is 3.16. The highest BCUT2D eigenvalue weighted by molar-refractivity contribution is 6.70. The van der Waals surface area contributed by atoms with E-state index in [2.05, 4.69) is 19.6 Å². The molecule has 0 N–H and O–H groups in total. The lowest BCUT2D eigenvalue weighted by atomic mass is 10.7. The fraction of sp³-hybridized carbons (Fsp3) is 0.667. The highest BCUT2D eigenvalue weighted by Crippen LogP contribution is 2.11. The summed E-state index contributed by atoms with van der Waals surface area (Å²) in [5, 5.41) is 0. The molecule has 0 amide bonds. The molecule has 0 bridgehead atoms. The van der Waals surface area contributed by atoms with Gasteiger partial charge in [-0.25, -0.2) is 0 Å². The molecule has 0 aromatic rings. The molecule has 0 radical (unpaired) electrons. The van der Waals surface area contributed by atoms with Gasteiger partial charge < -0.3 is 4.43 Å². The van der Waals surface area contributed by atoms with Crippen molar-refractivity contribution >= 4 is 31.5 Å². The van der Waals surface area contributed by atoms with Crippen LogP contribution in [-0.4, -0.2) is 14.2 Å². The summed E-state index contributed by atoms with van der Waals surface area (Å²) in [7, 11) is -1.50. The number of hydrogen-bond donors (Lipinski definition) is 0. The maximum Gasteiger partial charge on any atom is 0.241 e. The number of rotatable bonds is 3. The van der Waals surface area contributed by atoms with Gasteiger partial charge in [0.25, 0.3) is 0 Å². The summed E-state index contributed by atoms with van der Waals surface area (Å²) in [6.45, 7) is 6.25. The van der Waals surface area contributed by atoms with E-state index in [1.165, 1.54) is 5.54 Å². The van der Waals surface area contributed by atoms with Crippen LogP contribution < -0.4 is 0 Å². The Balaban J connectivity index is 3.88. The minimum Gasteiger partial charge on any atom is -0.546 e. The van der Waals surface area contributed by atoms with Crippen LogP contribution in [0.2, 0.25) is 19.6 Å². The van der Waals surface area contributed by atoms with E-state index in [0.717, 1.165) is 0 Å². The number of allylic oxidation sites excluding steroid dienone is 1. The van der Waals surface area contributed by atoms with E-state index < -0.39 is 8.32 Å². The van der Waals surface area contributed by atoms with Crippen molar-refractivity contribution in [2.24, 2.45) is 0 Å². The van der Waals surface area contributed by atoms with Gasteiger partial charge in [0, 0.05) is 5.54 Å². The molecule has 0 aromatic carbocycles. The zero-order valence-electron chi connectivity index (χ0n) is 6.45. The second-order valence-corrected chi connectivity index (χ2v) is 7.84. The molecule has 0 aliphatic carbocycles. The minimum atomic E-state index is -1.50. The molecule has 0 saturated heterocycles. The third kappa shape index (κ3) is 5.15. The first-order valence-corrected chi connectivity index (χ1v) is 7.42. The van der Waals surface area contributed by atoms with Crippen molar-refractivity contribution < 1.29 is 4.43 Å². The molecule has 0 unspecified atom stereocenters. The van der Waals surface area contributed by atoms with Gasteiger partial charge in [-0.15, -0.1) is 11.6 Å². The van der Waals surface area contributed by atoms with Crippen LogP contribution in [0.5, 0.6) is 0 Å². The van der Waals surface area contributed by atoms with Crippen molar-refractivity contribution in [1.29, 1.82) is 0 Å². The van der Waals surface area contributed by atoms with E-state index in [0.29, 0.717) is 11.6 Å². The van der Waals surface area contributed by atoms with Crippen LogP contribution in [0.3, 0.4) is 0 Å². The first-order chi connectivity index (χ1) is 4.49. The molecule has 60 valence electrons. The normalized spacial score (nSPS) is 13.5. The summed E-state index contributed by atoms with van der Waals surface area (Å²) >= 11 is 10.9. The topological polar surface area (TPSA) is 9.23 Å². The molecule has 0 aliphatic rings. The van der Waals surface area contributed by atoms with Crippen molar-refractivity contribution in [3.05, 3.63) is 11.3 Å². The molecule has 0 aliphatic heterocycles. The lowest BCUT2D eigenvalue weighted by molar-refractivity contribution is 0.428. The van der Waals surface area contributed by atoms with Crippen LogP contribution in [-0.2, 0) is 4.43 Å². The van der Waals surface area contributed by atoms with Gasteiger partial charge in [0.05, 0.1) is 5.88 Å². The van der Waals surface area contributed by atoms with Gasteiger partial charge in [-0.1, -0.05) is 11.6 Å².